The van der Waals surface area contributed by atoms with Gasteiger partial charge >= 0.3 is 0 Å². The molecule has 0 aromatic rings. The van der Waals surface area contributed by atoms with Gasteiger partial charge in [-0.1, -0.05) is 34.6 Å². The van der Waals surface area contributed by atoms with Gasteiger partial charge in [-0.05, 0) is 31.6 Å². The summed E-state index contributed by atoms with van der Waals surface area (Å²) in [4.78, 5) is 0. The maximum absolute atomic E-state index is 9.86. The van der Waals surface area contributed by atoms with Gasteiger partial charge in [0.05, 0.1) is 18.8 Å². The van der Waals surface area contributed by atoms with Crippen LogP contribution in [0.5, 0.6) is 0 Å². The summed E-state index contributed by atoms with van der Waals surface area (Å²) < 4.78 is 5.64. The number of hydrogen-bond acceptors (Lipinski definition) is 3. The summed E-state index contributed by atoms with van der Waals surface area (Å²) in [6.45, 7) is 16.2. The third-order valence-electron chi connectivity index (χ3n) is 3.34. The Balaban J connectivity index is 3.75. The van der Waals surface area contributed by atoms with Crippen molar-refractivity contribution in [2.24, 2.45) is 11.3 Å². The molecule has 3 unspecified atom stereocenters. The lowest BCUT2D eigenvalue weighted by Gasteiger charge is -2.29. The molecule has 110 valence electrons. The number of ether oxygens (including phenoxy) is 1. The van der Waals surface area contributed by atoms with Crippen molar-refractivity contribution in [3.05, 3.63) is 0 Å². The van der Waals surface area contributed by atoms with Crippen molar-refractivity contribution in [3.8, 4) is 0 Å². The summed E-state index contributed by atoms with van der Waals surface area (Å²) in [6.07, 6.45) is 0.836. The van der Waals surface area contributed by atoms with Gasteiger partial charge in [-0.25, -0.2) is 0 Å². The molecular weight excluding hydrogens is 226 g/mol. The molecule has 0 fully saturated rings. The van der Waals surface area contributed by atoms with Crippen molar-refractivity contribution in [2.45, 2.75) is 73.1 Å². The minimum atomic E-state index is -0.426. The highest BCUT2D eigenvalue weighted by Crippen LogP contribution is 2.18. The molecule has 3 nitrogen and oxygen atoms in total. The predicted octanol–water partition coefficient (Wildman–Crippen LogP) is 2.82. The molecule has 3 atom stereocenters. The SMILES string of the molecule is CC(C)CC(C)OCC(O)CNC(C)C(C)(C)C. The molecule has 0 radical (unpaired) electrons. The summed E-state index contributed by atoms with van der Waals surface area (Å²) in [7, 11) is 0. The van der Waals surface area contributed by atoms with Gasteiger partial charge in [0.15, 0.2) is 0 Å². The van der Waals surface area contributed by atoms with E-state index in [-0.39, 0.29) is 11.5 Å². The highest BCUT2D eigenvalue weighted by Gasteiger charge is 2.20. The van der Waals surface area contributed by atoms with Gasteiger partial charge in [-0.15, -0.1) is 0 Å². The van der Waals surface area contributed by atoms with E-state index in [1.807, 2.05) is 0 Å². The predicted molar refractivity (Wildman–Crippen MR) is 77.8 cm³/mol. The summed E-state index contributed by atoms with van der Waals surface area (Å²) in [5.74, 6) is 0.635. The van der Waals surface area contributed by atoms with Crippen LogP contribution in [0.2, 0.25) is 0 Å². The van der Waals surface area contributed by atoms with Crippen LogP contribution < -0.4 is 5.32 Å². The second kappa shape index (κ2) is 8.13. The van der Waals surface area contributed by atoms with Crippen molar-refractivity contribution >= 4 is 0 Å². The fraction of sp³-hybridized carbons (Fsp3) is 1.00. The second-order valence-corrected chi connectivity index (χ2v) is 6.92. The van der Waals surface area contributed by atoms with Crippen molar-refractivity contribution in [1.82, 2.24) is 5.32 Å². The Morgan fingerprint density at radius 1 is 1.11 bits per heavy atom. The van der Waals surface area contributed by atoms with Crippen LogP contribution >= 0.6 is 0 Å². The summed E-state index contributed by atoms with van der Waals surface area (Å²) in [6, 6.07) is 0.375. The molecule has 2 N–H and O–H groups in total. The van der Waals surface area contributed by atoms with Crippen LogP contribution in [0.25, 0.3) is 0 Å². The molecular formula is C15H33NO2. The first-order valence-corrected chi connectivity index (χ1v) is 7.16. The van der Waals surface area contributed by atoms with Gasteiger partial charge in [0.2, 0.25) is 0 Å². The lowest BCUT2D eigenvalue weighted by Crippen LogP contribution is -2.42. The molecule has 0 spiro atoms. The van der Waals surface area contributed by atoms with E-state index in [1.54, 1.807) is 0 Å². The van der Waals surface area contributed by atoms with E-state index in [9.17, 15) is 5.11 Å². The Hall–Kier alpha value is -0.120. The van der Waals surface area contributed by atoms with Gasteiger partial charge in [0.25, 0.3) is 0 Å². The second-order valence-electron chi connectivity index (χ2n) is 6.92. The van der Waals surface area contributed by atoms with Crippen molar-refractivity contribution in [2.75, 3.05) is 13.2 Å². The van der Waals surface area contributed by atoms with Crippen LogP contribution in [-0.2, 0) is 4.74 Å². The standard InChI is InChI=1S/C15H33NO2/c1-11(2)8-12(3)18-10-14(17)9-16-13(4)15(5,6)7/h11-14,16-17H,8-10H2,1-7H3. The first kappa shape index (κ1) is 17.9. The Morgan fingerprint density at radius 2 is 1.67 bits per heavy atom. The minimum Gasteiger partial charge on any atom is -0.389 e. The molecule has 0 bridgehead atoms. The van der Waals surface area contributed by atoms with E-state index >= 15 is 0 Å². The largest absolute Gasteiger partial charge is 0.389 e. The molecule has 0 aromatic carbocycles. The number of hydrogen-bond donors (Lipinski definition) is 2. The lowest BCUT2D eigenvalue weighted by molar-refractivity contribution is -0.0102. The highest BCUT2D eigenvalue weighted by atomic mass is 16.5. The quantitative estimate of drug-likeness (QED) is 0.704. The molecule has 0 saturated carbocycles. The normalized spacial score (nSPS) is 17.8. The molecule has 0 aromatic heterocycles. The van der Waals surface area contributed by atoms with Crippen molar-refractivity contribution in [3.63, 3.8) is 0 Å². The Labute approximate surface area is 113 Å². The van der Waals surface area contributed by atoms with E-state index in [2.05, 4.69) is 53.8 Å². The number of nitrogens with one attached hydrogen (secondary N) is 1. The lowest BCUT2D eigenvalue weighted by atomic mass is 9.88. The fourth-order valence-corrected chi connectivity index (χ4v) is 1.69. The molecule has 0 aliphatic heterocycles. The molecule has 3 heteroatoms. The van der Waals surface area contributed by atoms with Crippen LogP contribution in [0, 0.1) is 11.3 Å². The summed E-state index contributed by atoms with van der Waals surface area (Å²) in [5.41, 5.74) is 0.214. The summed E-state index contributed by atoms with van der Waals surface area (Å²) in [5, 5.41) is 13.2. The van der Waals surface area contributed by atoms with Crippen molar-refractivity contribution < 1.29 is 9.84 Å². The monoisotopic (exact) mass is 259 g/mol. The van der Waals surface area contributed by atoms with Crippen LogP contribution in [0.3, 0.4) is 0 Å². The zero-order valence-corrected chi connectivity index (χ0v) is 13.3. The van der Waals surface area contributed by atoms with E-state index in [0.717, 1.165) is 6.42 Å². The number of aliphatic hydroxyl groups excluding tert-OH is 1. The average molecular weight is 259 g/mol. The van der Waals surface area contributed by atoms with Crippen LogP contribution in [0.15, 0.2) is 0 Å². The molecule has 0 rings (SSSR count). The van der Waals surface area contributed by atoms with Gasteiger partial charge in [0.1, 0.15) is 0 Å². The maximum Gasteiger partial charge on any atom is 0.0897 e. The maximum atomic E-state index is 9.86. The van der Waals surface area contributed by atoms with E-state index in [0.29, 0.717) is 25.1 Å². The third-order valence-corrected chi connectivity index (χ3v) is 3.34. The zero-order chi connectivity index (χ0) is 14.3. The Kier molecular flexibility index (Phi) is 8.08. The molecule has 0 aliphatic rings. The van der Waals surface area contributed by atoms with E-state index in [1.165, 1.54) is 0 Å². The number of rotatable bonds is 8. The van der Waals surface area contributed by atoms with Gasteiger partial charge in [0, 0.05) is 12.6 Å². The van der Waals surface area contributed by atoms with Gasteiger partial charge < -0.3 is 15.2 Å². The summed E-state index contributed by atoms with van der Waals surface area (Å²) >= 11 is 0. The Morgan fingerprint density at radius 3 is 2.11 bits per heavy atom. The van der Waals surface area contributed by atoms with Crippen LogP contribution in [-0.4, -0.2) is 36.5 Å². The smallest absolute Gasteiger partial charge is 0.0897 e. The third kappa shape index (κ3) is 8.90. The van der Waals surface area contributed by atoms with Gasteiger partial charge in [-0.3, -0.25) is 0 Å². The first-order valence-electron chi connectivity index (χ1n) is 7.16. The van der Waals surface area contributed by atoms with Gasteiger partial charge in [-0.2, -0.15) is 0 Å². The highest BCUT2D eigenvalue weighted by molar-refractivity contribution is 4.77. The average Bonchev–Trinajstić information content (AvgIpc) is 2.20. The molecule has 0 heterocycles. The topological polar surface area (TPSA) is 41.5 Å². The van der Waals surface area contributed by atoms with E-state index < -0.39 is 6.10 Å². The number of aliphatic hydroxyl groups is 1. The van der Waals surface area contributed by atoms with Crippen LogP contribution in [0.1, 0.15) is 54.9 Å². The van der Waals surface area contributed by atoms with E-state index in [4.69, 9.17) is 4.74 Å². The molecule has 18 heavy (non-hydrogen) atoms. The first-order chi connectivity index (χ1) is 8.12. The zero-order valence-electron chi connectivity index (χ0n) is 13.3. The minimum absolute atomic E-state index is 0.214. The van der Waals surface area contributed by atoms with Crippen LogP contribution in [0.4, 0.5) is 0 Å². The molecule has 0 aliphatic carbocycles. The molecule has 0 saturated heterocycles. The molecule has 0 amide bonds. The fourth-order valence-electron chi connectivity index (χ4n) is 1.69. The van der Waals surface area contributed by atoms with Crippen molar-refractivity contribution in [1.29, 1.82) is 0 Å². The Bertz CT molecular complexity index is 211.